The molecule has 0 aliphatic carbocycles. The largest absolute Gasteiger partial charge is 0.462 e. The van der Waals surface area contributed by atoms with Crippen LogP contribution in [0, 0.1) is 20.8 Å². The van der Waals surface area contributed by atoms with Gasteiger partial charge in [-0.25, -0.2) is 13.2 Å². The molecule has 0 radical (unpaired) electrons. The van der Waals surface area contributed by atoms with Gasteiger partial charge in [-0.2, -0.15) is 0 Å². The van der Waals surface area contributed by atoms with Crippen LogP contribution in [-0.2, 0) is 19.6 Å². The van der Waals surface area contributed by atoms with Crippen molar-refractivity contribution in [2.75, 3.05) is 22.8 Å². The lowest BCUT2D eigenvalue weighted by atomic mass is 10.1. The van der Waals surface area contributed by atoms with Crippen molar-refractivity contribution < 1.29 is 22.7 Å². The summed E-state index contributed by atoms with van der Waals surface area (Å²) in [6.07, 6.45) is 0. The second-order valence-corrected chi connectivity index (χ2v) is 9.83. The molecule has 1 N–H and O–H groups in total. The number of carbonyl (C=O) groups excluding carboxylic acids is 2. The molecule has 0 aliphatic rings. The van der Waals surface area contributed by atoms with E-state index in [1.165, 1.54) is 12.1 Å². The highest BCUT2D eigenvalue weighted by Gasteiger charge is 2.27. The number of esters is 1. The van der Waals surface area contributed by atoms with Crippen LogP contribution in [-0.4, -0.2) is 33.4 Å². The highest BCUT2D eigenvalue weighted by molar-refractivity contribution is 7.92. The summed E-state index contributed by atoms with van der Waals surface area (Å²) in [6.45, 7) is 7.07. The molecule has 1 amide bonds. The lowest BCUT2D eigenvalue weighted by Crippen LogP contribution is -2.38. The van der Waals surface area contributed by atoms with E-state index in [4.69, 9.17) is 4.74 Å². The van der Waals surface area contributed by atoms with Gasteiger partial charge >= 0.3 is 5.97 Å². The van der Waals surface area contributed by atoms with Gasteiger partial charge in [0, 0.05) is 5.69 Å². The van der Waals surface area contributed by atoms with Gasteiger partial charge in [-0.05, 0) is 86.8 Å². The molecule has 0 spiro atoms. The van der Waals surface area contributed by atoms with Crippen molar-refractivity contribution in [2.24, 2.45) is 0 Å². The van der Waals surface area contributed by atoms with Crippen LogP contribution in [0.15, 0.2) is 71.6 Å². The average molecular weight is 481 g/mol. The first kappa shape index (κ1) is 25.0. The molecule has 8 heteroatoms. The molecule has 3 aromatic rings. The Morgan fingerprint density at radius 1 is 0.912 bits per heavy atom. The Labute approximate surface area is 200 Å². The highest BCUT2D eigenvalue weighted by Crippen LogP contribution is 2.26. The Kier molecular flexibility index (Phi) is 7.73. The summed E-state index contributed by atoms with van der Waals surface area (Å²) in [7, 11) is -4.00. The van der Waals surface area contributed by atoms with Crippen LogP contribution in [0.2, 0.25) is 0 Å². The van der Waals surface area contributed by atoms with E-state index >= 15 is 0 Å². The molecular weight excluding hydrogens is 452 g/mol. The first-order chi connectivity index (χ1) is 16.1. The Morgan fingerprint density at radius 3 is 2.15 bits per heavy atom. The van der Waals surface area contributed by atoms with Gasteiger partial charge < -0.3 is 10.1 Å². The number of benzene rings is 3. The molecule has 0 aromatic heterocycles. The van der Waals surface area contributed by atoms with Crippen molar-refractivity contribution in [1.29, 1.82) is 0 Å². The van der Waals surface area contributed by atoms with Gasteiger partial charge in [0.2, 0.25) is 5.91 Å². The number of sulfonamides is 1. The summed E-state index contributed by atoms with van der Waals surface area (Å²) >= 11 is 0. The van der Waals surface area contributed by atoms with Crippen LogP contribution in [0.3, 0.4) is 0 Å². The molecule has 0 saturated carbocycles. The second-order valence-electron chi connectivity index (χ2n) is 7.97. The Balaban J connectivity index is 1.91. The maximum Gasteiger partial charge on any atom is 0.338 e. The van der Waals surface area contributed by atoms with E-state index in [9.17, 15) is 18.0 Å². The molecule has 0 heterocycles. The van der Waals surface area contributed by atoms with Gasteiger partial charge in [0.15, 0.2) is 0 Å². The van der Waals surface area contributed by atoms with E-state index in [2.05, 4.69) is 5.32 Å². The monoisotopic (exact) mass is 480 g/mol. The molecule has 0 fully saturated rings. The number of nitrogens with zero attached hydrogens (tertiary/aromatic N) is 1. The Hall–Kier alpha value is -3.65. The first-order valence-electron chi connectivity index (χ1n) is 10.9. The summed E-state index contributed by atoms with van der Waals surface area (Å²) < 4.78 is 33.1. The third-order valence-electron chi connectivity index (χ3n) is 5.12. The molecule has 0 saturated heterocycles. The number of aryl methyl sites for hydroxylation is 3. The van der Waals surface area contributed by atoms with E-state index in [-0.39, 0.29) is 11.5 Å². The maximum atomic E-state index is 13.5. The lowest BCUT2D eigenvalue weighted by molar-refractivity contribution is -0.114. The first-order valence-corrected chi connectivity index (χ1v) is 12.3. The fourth-order valence-electron chi connectivity index (χ4n) is 3.59. The van der Waals surface area contributed by atoms with Crippen LogP contribution in [0.4, 0.5) is 11.4 Å². The van der Waals surface area contributed by atoms with Crippen LogP contribution < -0.4 is 9.62 Å². The third-order valence-corrected chi connectivity index (χ3v) is 6.91. The van der Waals surface area contributed by atoms with Crippen LogP contribution in [0.1, 0.15) is 34.0 Å². The van der Waals surface area contributed by atoms with E-state index in [0.717, 1.165) is 15.4 Å². The summed E-state index contributed by atoms with van der Waals surface area (Å²) in [5.41, 5.74) is 3.69. The number of nitrogens with one attached hydrogen (secondary N) is 1. The predicted octanol–water partition coefficient (Wildman–Crippen LogP) is 4.62. The fraction of sp³-hybridized carbons (Fsp3) is 0.231. The van der Waals surface area contributed by atoms with Crippen LogP contribution in [0.5, 0.6) is 0 Å². The van der Waals surface area contributed by atoms with Crippen molar-refractivity contribution in [3.05, 3.63) is 89.0 Å². The summed E-state index contributed by atoms with van der Waals surface area (Å²) in [4.78, 5) is 25.1. The zero-order valence-electron chi connectivity index (χ0n) is 19.7. The van der Waals surface area contributed by atoms with Crippen LogP contribution >= 0.6 is 0 Å². The number of anilines is 2. The topological polar surface area (TPSA) is 92.8 Å². The number of carbonyl (C=O) groups is 2. The Morgan fingerprint density at radius 2 is 1.56 bits per heavy atom. The molecule has 0 atom stereocenters. The van der Waals surface area contributed by atoms with Gasteiger partial charge in [-0.15, -0.1) is 0 Å². The number of amides is 1. The SMILES string of the molecule is CCOC(=O)c1ccc(NC(=O)CN(c2cc(C)cc(C)c2)S(=O)(=O)c2ccccc2)c(C)c1. The second kappa shape index (κ2) is 10.5. The van der Waals surface area contributed by atoms with Crippen molar-refractivity contribution in [1.82, 2.24) is 0 Å². The third kappa shape index (κ3) is 5.82. The van der Waals surface area contributed by atoms with Crippen molar-refractivity contribution in [3.63, 3.8) is 0 Å². The standard InChI is InChI=1S/C26H28N2O5S/c1-5-33-26(30)21-11-12-24(20(4)16-21)27-25(29)17-28(22-14-18(2)13-19(3)15-22)34(31,32)23-9-7-6-8-10-23/h6-16H,5,17H2,1-4H3,(H,27,29). The van der Waals surface area contributed by atoms with Gasteiger partial charge in [-0.1, -0.05) is 24.3 Å². The van der Waals surface area contributed by atoms with Crippen molar-refractivity contribution in [3.8, 4) is 0 Å². The zero-order valence-corrected chi connectivity index (χ0v) is 20.5. The molecular formula is C26H28N2O5S. The van der Waals surface area contributed by atoms with Gasteiger partial charge in [-0.3, -0.25) is 9.10 Å². The minimum atomic E-state index is -4.00. The number of ether oxygens (including phenoxy) is 1. The molecule has 178 valence electrons. The van der Waals surface area contributed by atoms with Gasteiger partial charge in [0.1, 0.15) is 6.54 Å². The minimum Gasteiger partial charge on any atom is -0.462 e. The summed E-state index contributed by atoms with van der Waals surface area (Å²) in [6, 6.07) is 18.2. The van der Waals surface area contributed by atoms with E-state index in [1.54, 1.807) is 62.4 Å². The number of rotatable bonds is 8. The van der Waals surface area contributed by atoms with E-state index in [0.29, 0.717) is 22.5 Å². The quantitative estimate of drug-likeness (QED) is 0.475. The van der Waals surface area contributed by atoms with Crippen molar-refractivity contribution in [2.45, 2.75) is 32.6 Å². The summed E-state index contributed by atoms with van der Waals surface area (Å²) in [5, 5.41) is 2.76. The Bertz CT molecular complexity index is 1280. The highest BCUT2D eigenvalue weighted by atomic mass is 32.2. The average Bonchev–Trinajstić information content (AvgIpc) is 2.78. The number of hydrogen-bond acceptors (Lipinski definition) is 5. The molecule has 3 rings (SSSR count). The van der Waals surface area contributed by atoms with Gasteiger partial charge in [0.25, 0.3) is 10.0 Å². The maximum absolute atomic E-state index is 13.5. The number of hydrogen-bond donors (Lipinski definition) is 1. The molecule has 0 bridgehead atoms. The lowest BCUT2D eigenvalue weighted by Gasteiger charge is -2.25. The smallest absolute Gasteiger partial charge is 0.338 e. The molecule has 7 nitrogen and oxygen atoms in total. The predicted molar refractivity (Wildman–Crippen MR) is 133 cm³/mol. The minimum absolute atomic E-state index is 0.0944. The molecule has 3 aromatic carbocycles. The molecule has 0 unspecified atom stereocenters. The van der Waals surface area contributed by atoms with E-state index in [1.807, 2.05) is 19.9 Å². The molecule has 0 aliphatic heterocycles. The molecule has 34 heavy (non-hydrogen) atoms. The fourth-order valence-corrected chi connectivity index (χ4v) is 5.02. The van der Waals surface area contributed by atoms with Gasteiger partial charge in [0.05, 0.1) is 22.8 Å². The van der Waals surface area contributed by atoms with Crippen molar-refractivity contribution >= 4 is 33.3 Å². The van der Waals surface area contributed by atoms with Crippen LogP contribution in [0.25, 0.3) is 0 Å². The zero-order chi connectivity index (χ0) is 24.9. The summed E-state index contributed by atoms with van der Waals surface area (Å²) in [5.74, 6) is -0.955. The van der Waals surface area contributed by atoms with E-state index < -0.39 is 28.4 Å². The normalized spacial score (nSPS) is 11.1.